The van der Waals surface area contributed by atoms with Gasteiger partial charge in [-0.05, 0) is 56.1 Å². The number of amides is 1. The molecule has 0 spiro atoms. The van der Waals surface area contributed by atoms with Gasteiger partial charge in [-0.25, -0.2) is 0 Å². The first-order valence-electron chi connectivity index (χ1n) is 10.6. The van der Waals surface area contributed by atoms with Crippen molar-refractivity contribution in [2.24, 2.45) is 5.92 Å². The minimum absolute atomic E-state index is 0. The van der Waals surface area contributed by atoms with Gasteiger partial charge in [0.05, 0.1) is 6.04 Å². The Morgan fingerprint density at radius 3 is 2.86 bits per heavy atom. The number of piperidine rings is 1. The van der Waals surface area contributed by atoms with Crippen molar-refractivity contribution in [1.82, 2.24) is 15.5 Å². The zero-order valence-corrected chi connectivity index (χ0v) is 17.8. The van der Waals surface area contributed by atoms with Crippen LogP contribution in [0.4, 0.5) is 0 Å². The number of carbonyl (C=O) groups excluding carboxylic acids is 1. The Morgan fingerprint density at radius 2 is 2.00 bits per heavy atom. The number of nitrogens with zero attached hydrogens (tertiary/aromatic N) is 1. The molecule has 2 N–H and O–H groups in total. The monoisotopic (exact) mass is 417 g/mol. The molecule has 2 fully saturated rings. The Bertz CT molecular complexity index is 789. The zero-order chi connectivity index (χ0) is 19.2. The summed E-state index contributed by atoms with van der Waals surface area (Å²) in [6.07, 6.45) is 4.45. The molecule has 2 aromatic rings. The molecule has 29 heavy (non-hydrogen) atoms. The SMILES string of the molecule is Cl.O=C(NCC1CCCN(CCOc2cccc3ccccc23)C1)C1CCCN1. The van der Waals surface area contributed by atoms with E-state index in [2.05, 4.69) is 51.9 Å². The molecule has 2 heterocycles. The summed E-state index contributed by atoms with van der Waals surface area (Å²) in [6.45, 7) is 5.53. The molecule has 158 valence electrons. The molecule has 0 bridgehead atoms. The van der Waals surface area contributed by atoms with E-state index in [-0.39, 0.29) is 24.4 Å². The standard InChI is InChI=1S/C23H31N3O2.ClH/c27-23(21-10-4-12-24-21)25-16-18-6-5-13-26(17-18)14-15-28-22-11-3-8-19-7-1-2-9-20(19)22;/h1-3,7-9,11,18,21,24H,4-6,10,12-17H2,(H,25,27);1H. The van der Waals surface area contributed by atoms with E-state index >= 15 is 0 Å². The van der Waals surface area contributed by atoms with Crippen LogP contribution in [0.3, 0.4) is 0 Å². The summed E-state index contributed by atoms with van der Waals surface area (Å²) in [6, 6.07) is 14.6. The smallest absolute Gasteiger partial charge is 0.237 e. The fraction of sp³-hybridized carbons (Fsp3) is 0.522. The first-order chi connectivity index (χ1) is 13.8. The van der Waals surface area contributed by atoms with Crippen LogP contribution in [-0.2, 0) is 4.79 Å². The second-order valence-corrected chi connectivity index (χ2v) is 8.03. The summed E-state index contributed by atoms with van der Waals surface area (Å²) in [7, 11) is 0. The molecule has 4 rings (SSSR count). The van der Waals surface area contributed by atoms with E-state index < -0.39 is 0 Å². The van der Waals surface area contributed by atoms with Crippen molar-refractivity contribution in [3.63, 3.8) is 0 Å². The van der Waals surface area contributed by atoms with E-state index in [0.717, 1.165) is 51.3 Å². The maximum atomic E-state index is 12.2. The molecular weight excluding hydrogens is 386 g/mol. The van der Waals surface area contributed by atoms with Crippen LogP contribution in [0.1, 0.15) is 25.7 Å². The number of benzene rings is 2. The van der Waals surface area contributed by atoms with Gasteiger partial charge in [0, 0.05) is 25.0 Å². The molecule has 2 aliphatic rings. The van der Waals surface area contributed by atoms with Crippen LogP contribution in [0.5, 0.6) is 5.75 Å². The molecular formula is C23H32ClN3O2. The van der Waals surface area contributed by atoms with Gasteiger partial charge < -0.3 is 15.4 Å². The van der Waals surface area contributed by atoms with Crippen molar-refractivity contribution >= 4 is 29.1 Å². The highest BCUT2D eigenvalue weighted by molar-refractivity contribution is 5.88. The van der Waals surface area contributed by atoms with Crippen LogP contribution in [0.2, 0.25) is 0 Å². The van der Waals surface area contributed by atoms with Crippen LogP contribution in [0.15, 0.2) is 42.5 Å². The van der Waals surface area contributed by atoms with E-state index in [1.807, 2.05) is 6.07 Å². The number of likely N-dealkylation sites (tertiary alicyclic amines) is 1. The molecule has 0 aliphatic carbocycles. The van der Waals surface area contributed by atoms with E-state index in [1.165, 1.54) is 23.6 Å². The fourth-order valence-corrected chi connectivity index (χ4v) is 4.40. The summed E-state index contributed by atoms with van der Waals surface area (Å²) in [4.78, 5) is 14.7. The first-order valence-corrected chi connectivity index (χ1v) is 10.6. The largest absolute Gasteiger partial charge is 0.492 e. The number of nitrogens with one attached hydrogen (secondary N) is 2. The minimum Gasteiger partial charge on any atom is -0.492 e. The van der Waals surface area contributed by atoms with Gasteiger partial charge in [-0.1, -0.05) is 36.4 Å². The molecule has 6 heteroatoms. The summed E-state index contributed by atoms with van der Waals surface area (Å²) >= 11 is 0. The third-order valence-electron chi connectivity index (χ3n) is 5.96. The predicted octanol–water partition coefficient (Wildman–Crippen LogP) is 3.22. The van der Waals surface area contributed by atoms with Crippen LogP contribution in [0.25, 0.3) is 10.8 Å². The fourth-order valence-electron chi connectivity index (χ4n) is 4.40. The Labute approximate surface area is 179 Å². The van der Waals surface area contributed by atoms with Gasteiger partial charge in [-0.15, -0.1) is 12.4 Å². The third-order valence-corrected chi connectivity index (χ3v) is 5.96. The van der Waals surface area contributed by atoms with E-state index in [0.29, 0.717) is 12.5 Å². The number of fused-ring (bicyclic) bond motifs is 1. The molecule has 0 aromatic heterocycles. The first kappa shape index (κ1) is 21.9. The van der Waals surface area contributed by atoms with E-state index in [4.69, 9.17) is 4.74 Å². The molecule has 2 aliphatic heterocycles. The van der Waals surface area contributed by atoms with E-state index in [9.17, 15) is 4.79 Å². The third kappa shape index (κ3) is 5.84. The van der Waals surface area contributed by atoms with Crippen molar-refractivity contribution in [3.8, 4) is 5.75 Å². The number of carbonyl (C=O) groups is 1. The van der Waals surface area contributed by atoms with Gasteiger partial charge in [-0.3, -0.25) is 9.69 Å². The minimum atomic E-state index is 0. The normalized spacial score (nSPS) is 22.2. The topological polar surface area (TPSA) is 53.6 Å². The highest BCUT2D eigenvalue weighted by Gasteiger charge is 2.24. The Balaban J connectivity index is 0.00000240. The van der Waals surface area contributed by atoms with Crippen LogP contribution in [-0.4, -0.2) is 56.2 Å². The van der Waals surface area contributed by atoms with Crippen molar-refractivity contribution in [2.45, 2.75) is 31.7 Å². The Morgan fingerprint density at radius 1 is 1.14 bits per heavy atom. The summed E-state index contributed by atoms with van der Waals surface area (Å²) in [5, 5.41) is 8.81. The lowest BCUT2D eigenvalue weighted by molar-refractivity contribution is -0.123. The van der Waals surface area contributed by atoms with Crippen molar-refractivity contribution < 1.29 is 9.53 Å². The summed E-state index contributed by atoms with van der Waals surface area (Å²) in [5.41, 5.74) is 0. The second kappa shape index (κ2) is 10.8. The second-order valence-electron chi connectivity index (χ2n) is 8.03. The number of hydrogen-bond acceptors (Lipinski definition) is 4. The van der Waals surface area contributed by atoms with Crippen molar-refractivity contribution in [2.75, 3.05) is 39.3 Å². The maximum Gasteiger partial charge on any atom is 0.237 e. The molecule has 1 amide bonds. The molecule has 0 radical (unpaired) electrons. The van der Waals surface area contributed by atoms with E-state index in [1.54, 1.807) is 0 Å². The quantitative estimate of drug-likeness (QED) is 0.726. The van der Waals surface area contributed by atoms with Crippen LogP contribution in [0, 0.1) is 5.92 Å². The van der Waals surface area contributed by atoms with Crippen LogP contribution >= 0.6 is 12.4 Å². The molecule has 2 aromatic carbocycles. The molecule has 2 atom stereocenters. The highest BCUT2D eigenvalue weighted by Crippen LogP contribution is 2.25. The molecule has 0 saturated carbocycles. The number of hydrogen-bond donors (Lipinski definition) is 2. The van der Waals surface area contributed by atoms with Gasteiger partial charge in [-0.2, -0.15) is 0 Å². The lowest BCUT2D eigenvalue weighted by atomic mass is 9.98. The average molecular weight is 418 g/mol. The summed E-state index contributed by atoms with van der Waals surface area (Å²) in [5.74, 6) is 1.67. The average Bonchev–Trinajstić information content (AvgIpc) is 3.28. The number of halogens is 1. The highest BCUT2D eigenvalue weighted by atomic mass is 35.5. The van der Waals surface area contributed by atoms with Crippen LogP contribution < -0.4 is 15.4 Å². The molecule has 5 nitrogen and oxygen atoms in total. The lowest BCUT2D eigenvalue weighted by Gasteiger charge is -2.32. The Kier molecular flexibility index (Phi) is 8.16. The zero-order valence-electron chi connectivity index (χ0n) is 16.9. The molecule has 2 unspecified atom stereocenters. The maximum absolute atomic E-state index is 12.2. The summed E-state index contributed by atoms with van der Waals surface area (Å²) < 4.78 is 6.10. The lowest BCUT2D eigenvalue weighted by Crippen LogP contribution is -2.46. The van der Waals surface area contributed by atoms with Gasteiger partial charge in [0.25, 0.3) is 0 Å². The number of ether oxygens (including phenoxy) is 1. The molecule has 2 saturated heterocycles. The van der Waals surface area contributed by atoms with Gasteiger partial charge in [0.15, 0.2) is 0 Å². The predicted molar refractivity (Wildman–Crippen MR) is 120 cm³/mol. The van der Waals surface area contributed by atoms with Crippen molar-refractivity contribution in [1.29, 1.82) is 0 Å². The Hall–Kier alpha value is -1.82. The van der Waals surface area contributed by atoms with Gasteiger partial charge in [0.2, 0.25) is 5.91 Å². The van der Waals surface area contributed by atoms with Crippen molar-refractivity contribution in [3.05, 3.63) is 42.5 Å². The van der Waals surface area contributed by atoms with Gasteiger partial charge >= 0.3 is 0 Å². The van der Waals surface area contributed by atoms with Gasteiger partial charge in [0.1, 0.15) is 12.4 Å². The number of rotatable bonds is 7.